The molecule has 0 atom stereocenters. The Morgan fingerprint density at radius 2 is 1.71 bits per heavy atom. The Hall–Kier alpha value is -3.82. The molecule has 0 saturated heterocycles. The lowest BCUT2D eigenvalue weighted by molar-refractivity contribution is 0.102. The van der Waals surface area contributed by atoms with Crippen LogP contribution in [-0.2, 0) is 16.6 Å². The average Bonchev–Trinajstić information content (AvgIpc) is 3.34. The van der Waals surface area contributed by atoms with Crippen LogP contribution in [0.15, 0.2) is 95.0 Å². The molecular weight excluding hydrogens is 416 g/mol. The molecule has 0 radical (unpaired) electrons. The normalized spacial score (nSPS) is 11.2. The Morgan fingerprint density at radius 1 is 0.935 bits per heavy atom. The Bertz CT molecular complexity index is 1260. The molecule has 0 aliphatic heterocycles. The highest BCUT2D eigenvalue weighted by Gasteiger charge is 2.14. The standard InChI is InChI=1S/C22H18N4O4S/c27-22(26-19-2-1-11-23-13-19)18-5-3-16(4-6-18)12-25-31(28,29)20-9-7-17(8-10-20)21-14-24-15-30-21/h1-11,13-15,25H,12H2,(H,26,27). The van der Waals surface area contributed by atoms with Crippen LogP contribution in [0.2, 0.25) is 0 Å². The quantitative estimate of drug-likeness (QED) is 0.460. The molecule has 0 saturated carbocycles. The summed E-state index contributed by atoms with van der Waals surface area (Å²) in [5.41, 5.74) is 2.51. The maximum Gasteiger partial charge on any atom is 0.255 e. The van der Waals surface area contributed by atoms with Gasteiger partial charge in [0, 0.05) is 23.9 Å². The second kappa shape index (κ2) is 8.90. The number of benzene rings is 2. The SMILES string of the molecule is O=C(Nc1cccnc1)c1ccc(CNS(=O)(=O)c2ccc(-c3cnco3)cc2)cc1. The predicted molar refractivity (Wildman–Crippen MR) is 115 cm³/mol. The lowest BCUT2D eigenvalue weighted by Gasteiger charge is -2.09. The minimum absolute atomic E-state index is 0.0939. The van der Waals surface area contributed by atoms with Gasteiger partial charge in [-0.15, -0.1) is 0 Å². The Balaban J connectivity index is 1.37. The van der Waals surface area contributed by atoms with Crippen molar-refractivity contribution in [2.24, 2.45) is 0 Å². The lowest BCUT2D eigenvalue weighted by atomic mass is 10.1. The summed E-state index contributed by atoms with van der Waals surface area (Å²) in [6.45, 7) is 0.0939. The molecule has 4 rings (SSSR count). The fourth-order valence-corrected chi connectivity index (χ4v) is 3.85. The van der Waals surface area contributed by atoms with Gasteiger partial charge in [-0.1, -0.05) is 12.1 Å². The summed E-state index contributed by atoms with van der Waals surface area (Å²) in [6, 6.07) is 16.5. The first-order chi connectivity index (χ1) is 15.0. The van der Waals surface area contributed by atoms with Gasteiger partial charge in [0.15, 0.2) is 12.2 Å². The van der Waals surface area contributed by atoms with Gasteiger partial charge in [-0.3, -0.25) is 9.78 Å². The van der Waals surface area contributed by atoms with Gasteiger partial charge in [0.2, 0.25) is 10.0 Å². The first-order valence-electron chi connectivity index (χ1n) is 9.30. The van der Waals surface area contributed by atoms with E-state index < -0.39 is 10.0 Å². The highest BCUT2D eigenvalue weighted by atomic mass is 32.2. The van der Waals surface area contributed by atoms with Gasteiger partial charge in [-0.2, -0.15) is 0 Å². The van der Waals surface area contributed by atoms with E-state index in [2.05, 4.69) is 20.0 Å². The molecule has 9 heteroatoms. The first kappa shape index (κ1) is 20.5. The minimum Gasteiger partial charge on any atom is -0.444 e. The largest absolute Gasteiger partial charge is 0.444 e. The van der Waals surface area contributed by atoms with Crippen LogP contribution < -0.4 is 10.0 Å². The highest BCUT2D eigenvalue weighted by Crippen LogP contribution is 2.21. The van der Waals surface area contributed by atoms with Crippen molar-refractivity contribution in [2.75, 3.05) is 5.32 Å². The zero-order valence-corrected chi connectivity index (χ0v) is 17.0. The molecule has 156 valence electrons. The smallest absolute Gasteiger partial charge is 0.255 e. The van der Waals surface area contributed by atoms with Crippen molar-refractivity contribution in [1.29, 1.82) is 0 Å². The van der Waals surface area contributed by atoms with Gasteiger partial charge in [0.05, 0.1) is 23.0 Å². The Kier molecular flexibility index (Phi) is 5.87. The summed E-state index contributed by atoms with van der Waals surface area (Å²) < 4.78 is 32.9. The van der Waals surface area contributed by atoms with Crippen LogP contribution in [0, 0.1) is 0 Å². The van der Waals surface area contributed by atoms with E-state index in [0.717, 1.165) is 11.1 Å². The second-order valence-corrected chi connectivity index (χ2v) is 8.37. The number of anilines is 1. The number of carbonyl (C=O) groups excluding carboxylic acids is 1. The maximum atomic E-state index is 12.6. The molecule has 2 aromatic heterocycles. The minimum atomic E-state index is -3.69. The fraction of sp³-hybridized carbons (Fsp3) is 0.0455. The molecule has 4 aromatic rings. The van der Waals surface area contributed by atoms with E-state index in [1.165, 1.54) is 18.5 Å². The van der Waals surface area contributed by atoms with Gasteiger partial charge in [-0.25, -0.2) is 18.1 Å². The molecular formula is C22H18N4O4S. The lowest BCUT2D eigenvalue weighted by Crippen LogP contribution is -2.23. The molecule has 0 unspecified atom stereocenters. The zero-order chi connectivity index (χ0) is 21.7. The molecule has 31 heavy (non-hydrogen) atoms. The molecule has 0 spiro atoms. The predicted octanol–water partition coefficient (Wildman–Crippen LogP) is 3.47. The number of carbonyl (C=O) groups is 1. The summed E-state index contributed by atoms with van der Waals surface area (Å²) in [7, 11) is -3.69. The molecule has 0 aliphatic rings. The average molecular weight is 434 g/mol. The number of amides is 1. The van der Waals surface area contributed by atoms with Crippen molar-refractivity contribution < 1.29 is 17.6 Å². The number of nitrogens with zero attached hydrogens (tertiary/aromatic N) is 2. The van der Waals surface area contributed by atoms with E-state index in [-0.39, 0.29) is 17.3 Å². The second-order valence-electron chi connectivity index (χ2n) is 6.61. The number of oxazole rings is 1. The third-order valence-electron chi connectivity index (χ3n) is 4.48. The Morgan fingerprint density at radius 3 is 2.35 bits per heavy atom. The van der Waals surface area contributed by atoms with Gasteiger partial charge in [-0.05, 0) is 54.1 Å². The van der Waals surface area contributed by atoms with E-state index in [1.807, 2.05) is 0 Å². The number of nitrogens with one attached hydrogen (secondary N) is 2. The van der Waals surface area contributed by atoms with Crippen LogP contribution in [0.4, 0.5) is 5.69 Å². The molecule has 0 bridgehead atoms. The van der Waals surface area contributed by atoms with Crippen molar-refractivity contribution >= 4 is 21.6 Å². The van der Waals surface area contributed by atoms with E-state index in [0.29, 0.717) is 17.0 Å². The summed E-state index contributed by atoms with van der Waals surface area (Å²) in [4.78, 5) is 20.2. The van der Waals surface area contributed by atoms with E-state index in [9.17, 15) is 13.2 Å². The van der Waals surface area contributed by atoms with Crippen LogP contribution >= 0.6 is 0 Å². The number of pyridine rings is 1. The maximum absolute atomic E-state index is 12.6. The van der Waals surface area contributed by atoms with Crippen LogP contribution in [0.1, 0.15) is 15.9 Å². The molecule has 1 amide bonds. The number of aromatic nitrogens is 2. The third kappa shape index (κ3) is 5.03. The number of hydrogen-bond acceptors (Lipinski definition) is 6. The Labute approximate surface area is 179 Å². The summed E-state index contributed by atoms with van der Waals surface area (Å²) >= 11 is 0. The molecule has 0 aliphatic carbocycles. The fourth-order valence-electron chi connectivity index (χ4n) is 2.83. The molecule has 2 heterocycles. The van der Waals surface area contributed by atoms with Gasteiger partial charge in [0.1, 0.15) is 0 Å². The van der Waals surface area contributed by atoms with Gasteiger partial charge >= 0.3 is 0 Å². The summed E-state index contributed by atoms with van der Waals surface area (Å²) in [6.07, 6.45) is 6.05. The van der Waals surface area contributed by atoms with Crippen LogP contribution in [0.3, 0.4) is 0 Å². The van der Waals surface area contributed by atoms with Crippen LogP contribution in [0.25, 0.3) is 11.3 Å². The highest BCUT2D eigenvalue weighted by molar-refractivity contribution is 7.89. The third-order valence-corrected chi connectivity index (χ3v) is 5.90. The van der Waals surface area contributed by atoms with Crippen molar-refractivity contribution in [3.8, 4) is 11.3 Å². The molecule has 8 nitrogen and oxygen atoms in total. The van der Waals surface area contributed by atoms with Gasteiger partial charge < -0.3 is 9.73 Å². The number of hydrogen-bond donors (Lipinski definition) is 2. The van der Waals surface area contributed by atoms with Crippen LogP contribution in [0.5, 0.6) is 0 Å². The molecule has 0 fully saturated rings. The van der Waals surface area contributed by atoms with Crippen molar-refractivity contribution in [1.82, 2.24) is 14.7 Å². The van der Waals surface area contributed by atoms with Crippen LogP contribution in [-0.4, -0.2) is 24.3 Å². The topological polar surface area (TPSA) is 114 Å². The molecule has 2 aromatic carbocycles. The summed E-state index contributed by atoms with van der Waals surface area (Å²) in [5.74, 6) is 0.288. The summed E-state index contributed by atoms with van der Waals surface area (Å²) in [5, 5.41) is 2.75. The first-order valence-corrected chi connectivity index (χ1v) is 10.8. The monoisotopic (exact) mass is 434 g/mol. The number of rotatable bonds is 7. The van der Waals surface area contributed by atoms with E-state index >= 15 is 0 Å². The van der Waals surface area contributed by atoms with E-state index in [4.69, 9.17) is 4.42 Å². The van der Waals surface area contributed by atoms with Gasteiger partial charge in [0.25, 0.3) is 5.91 Å². The van der Waals surface area contributed by atoms with Crippen molar-refractivity contribution in [2.45, 2.75) is 11.4 Å². The zero-order valence-electron chi connectivity index (χ0n) is 16.2. The number of sulfonamides is 1. The van der Waals surface area contributed by atoms with E-state index in [1.54, 1.807) is 67.1 Å². The van der Waals surface area contributed by atoms with Crippen molar-refractivity contribution in [3.63, 3.8) is 0 Å². The van der Waals surface area contributed by atoms with Crippen molar-refractivity contribution in [3.05, 3.63) is 96.8 Å². The molecule has 2 N–H and O–H groups in total.